The number of aromatic nitrogens is 1. The van der Waals surface area contributed by atoms with Crippen molar-refractivity contribution in [3.8, 4) is 0 Å². The second-order valence-corrected chi connectivity index (χ2v) is 5.54. The number of hydrogen-bond donors (Lipinski definition) is 2. The molecule has 1 heterocycles. The van der Waals surface area contributed by atoms with Gasteiger partial charge in [0.2, 0.25) is 5.91 Å². The van der Waals surface area contributed by atoms with E-state index in [-0.39, 0.29) is 23.9 Å². The zero-order chi connectivity index (χ0) is 18.2. The quantitative estimate of drug-likeness (QED) is 0.739. The molecule has 132 valence electrons. The van der Waals surface area contributed by atoms with Crippen molar-refractivity contribution in [2.75, 3.05) is 25.6 Å². The average Bonchev–Trinajstić information content (AvgIpc) is 2.58. The number of nitrogens with zero attached hydrogens (tertiary/aromatic N) is 1. The van der Waals surface area contributed by atoms with Crippen molar-refractivity contribution >= 4 is 17.5 Å². The molecule has 0 atom stereocenters. The Hall–Kier alpha value is -2.93. The number of nitrogens with one attached hydrogen (secondary N) is 2. The van der Waals surface area contributed by atoms with Crippen LogP contribution < -0.4 is 16.2 Å². The van der Waals surface area contributed by atoms with Crippen molar-refractivity contribution in [1.29, 1.82) is 0 Å². The van der Waals surface area contributed by atoms with Gasteiger partial charge in [0.1, 0.15) is 6.54 Å². The Morgan fingerprint density at radius 2 is 1.88 bits per heavy atom. The first-order valence-electron chi connectivity index (χ1n) is 7.84. The zero-order valence-electron chi connectivity index (χ0n) is 14.2. The fourth-order valence-electron chi connectivity index (χ4n) is 2.17. The Kier molecular flexibility index (Phi) is 6.47. The van der Waals surface area contributed by atoms with Gasteiger partial charge >= 0.3 is 0 Å². The number of carbonyl (C=O) groups is 2. The fourth-order valence-corrected chi connectivity index (χ4v) is 2.17. The van der Waals surface area contributed by atoms with Crippen LogP contribution in [0.2, 0.25) is 0 Å². The highest BCUT2D eigenvalue weighted by molar-refractivity contribution is 5.95. The maximum absolute atomic E-state index is 12.0. The highest BCUT2D eigenvalue weighted by Gasteiger charge is 2.07. The summed E-state index contributed by atoms with van der Waals surface area (Å²) in [5.74, 6) is -0.524. The Bertz CT molecular complexity index is 797. The fraction of sp³-hybridized carbons (Fsp3) is 0.278. The van der Waals surface area contributed by atoms with Gasteiger partial charge in [0.15, 0.2) is 0 Å². The molecule has 2 aromatic rings. The molecule has 0 spiro atoms. The first-order chi connectivity index (χ1) is 12.0. The number of aryl methyl sites for hydroxylation is 1. The van der Waals surface area contributed by atoms with Crippen LogP contribution in [0.25, 0.3) is 0 Å². The second-order valence-electron chi connectivity index (χ2n) is 5.54. The van der Waals surface area contributed by atoms with Crippen molar-refractivity contribution in [3.05, 3.63) is 64.1 Å². The Morgan fingerprint density at radius 3 is 2.52 bits per heavy atom. The van der Waals surface area contributed by atoms with Crippen molar-refractivity contribution < 1.29 is 14.3 Å². The number of anilines is 1. The third-order valence-electron chi connectivity index (χ3n) is 3.49. The largest absolute Gasteiger partial charge is 0.383 e. The molecule has 0 saturated carbocycles. The molecule has 1 aromatic heterocycles. The molecule has 0 aliphatic rings. The molecule has 0 aliphatic carbocycles. The van der Waals surface area contributed by atoms with Gasteiger partial charge in [0.25, 0.3) is 11.5 Å². The monoisotopic (exact) mass is 343 g/mol. The SMILES string of the molecule is COCCNC(=O)c1ccc(NC(=O)Cn2ccc(C)cc2=O)cc1. The summed E-state index contributed by atoms with van der Waals surface area (Å²) in [7, 11) is 1.56. The van der Waals surface area contributed by atoms with Crippen LogP contribution in [0.1, 0.15) is 15.9 Å². The molecule has 0 bridgehead atoms. The molecule has 7 nitrogen and oxygen atoms in total. The highest BCUT2D eigenvalue weighted by atomic mass is 16.5. The maximum atomic E-state index is 12.0. The van der Waals surface area contributed by atoms with Gasteiger partial charge in [-0.25, -0.2) is 0 Å². The number of hydrogen-bond acceptors (Lipinski definition) is 4. The lowest BCUT2D eigenvalue weighted by atomic mass is 10.2. The van der Waals surface area contributed by atoms with Gasteiger partial charge in [0.05, 0.1) is 6.61 Å². The summed E-state index contributed by atoms with van der Waals surface area (Å²) >= 11 is 0. The molecule has 0 aliphatic heterocycles. The van der Waals surface area contributed by atoms with Crippen molar-refractivity contribution in [2.24, 2.45) is 0 Å². The van der Waals surface area contributed by atoms with Crippen LogP contribution in [-0.4, -0.2) is 36.6 Å². The van der Waals surface area contributed by atoms with E-state index in [0.29, 0.717) is 24.4 Å². The van der Waals surface area contributed by atoms with Crippen LogP contribution in [0.3, 0.4) is 0 Å². The zero-order valence-corrected chi connectivity index (χ0v) is 14.2. The number of carbonyl (C=O) groups excluding carboxylic acids is 2. The summed E-state index contributed by atoms with van der Waals surface area (Å²) in [6.07, 6.45) is 1.59. The standard InChI is InChI=1S/C18H21N3O4/c1-13-7-9-21(17(23)11-13)12-16(22)20-15-5-3-14(4-6-15)18(24)19-8-10-25-2/h3-7,9,11H,8,10,12H2,1-2H3,(H,19,24)(H,20,22). The molecular weight excluding hydrogens is 322 g/mol. The third kappa shape index (κ3) is 5.58. The number of methoxy groups -OCH3 is 1. The lowest BCUT2D eigenvalue weighted by Crippen LogP contribution is -2.27. The van der Waals surface area contributed by atoms with Crippen molar-refractivity contribution in [3.63, 3.8) is 0 Å². The lowest BCUT2D eigenvalue weighted by Gasteiger charge is -2.09. The average molecular weight is 343 g/mol. The van der Waals surface area contributed by atoms with Crippen LogP contribution in [0.5, 0.6) is 0 Å². The first-order valence-corrected chi connectivity index (χ1v) is 7.84. The smallest absolute Gasteiger partial charge is 0.251 e. The Morgan fingerprint density at radius 1 is 1.16 bits per heavy atom. The number of pyridine rings is 1. The summed E-state index contributed by atoms with van der Waals surface area (Å²) in [4.78, 5) is 35.7. The normalized spacial score (nSPS) is 10.3. The molecule has 0 unspecified atom stereocenters. The van der Waals surface area contributed by atoms with Gasteiger partial charge in [-0.2, -0.15) is 0 Å². The molecular formula is C18H21N3O4. The van der Waals surface area contributed by atoms with E-state index in [4.69, 9.17) is 4.74 Å². The minimum absolute atomic E-state index is 0.0711. The maximum Gasteiger partial charge on any atom is 0.251 e. The molecule has 7 heteroatoms. The van der Waals surface area contributed by atoms with Crippen LogP contribution in [0.15, 0.2) is 47.4 Å². The molecule has 2 N–H and O–H groups in total. The van der Waals surface area contributed by atoms with E-state index in [1.807, 2.05) is 6.92 Å². The third-order valence-corrected chi connectivity index (χ3v) is 3.49. The minimum atomic E-state index is -0.316. The Labute approximate surface area is 145 Å². The number of rotatable bonds is 7. The lowest BCUT2D eigenvalue weighted by molar-refractivity contribution is -0.116. The molecule has 0 saturated heterocycles. The highest BCUT2D eigenvalue weighted by Crippen LogP contribution is 2.09. The van der Waals surface area contributed by atoms with Crippen LogP contribution >= 0.6 is 0 Å². The van der Waals surface area contributed by atoms with Gasteiger partial charge in [-0.3, -0.25) is 14.4 Å². The summed E-state index contributed by atoms with van der Waals surface area (Å²) in [6, 6.07) is 9.77. The van der Waals surface area contributed by atoms with E-state index in [2.05, 4.69) is 10.6 Å². The molecule has 0 fully saturated rings. The summed E-state index contributed by atoms with van der Waals surface area (Å²) in [5.41, 5.74) is 1.67. The summed E-state index contributed by atoms with van der Waals surface area (Å²) < 4.78 is 6.20. The first kappa shape index (κ1) is 18.4. The van der Waals surface area contributed by atoms with Gasteiger partial charge in [0, 0.05) is 37.2 Å². The van der Waals surface area contributed by atoms with E-state index in [1.54, 1.807) is 43.6 Å². The van der Waals surface area contributed by atoms with Crippen LogP contribution in [0, 0.1) is 6.92 Å². The Balaban J connectivity index is 1.93. The van der Waals surface area contributed by atoms with Crippen molar-refractivity contribution in [2.45, 2.75) is 13.5 Å². The minimum Gasteiger partial charge on any atom is -0.383 e. The topological polar surface area (TPSA) is 89.4 Å². The van der Waals surface area contributed by atoms with E-state index in [0.717, 1.165) is 5.56 Å². The predicted octanol–water partition coefficient (Wildman–Crippen LogP) is 1.17. The molecule has 0 radical (unpaired) electrons. The van der Waals surface area contributed by atoms with Gasteiger partial charge in [-0.1, -0.05) is 0 Å². The molecule has 2 rings (SSSR count). The number of benzene rings is 1. The van der Waals surface area contributed by atoms with E-state index >= 15 is 0 Å². The predicted molar refractivity (Wildman–Crippen MR) is 94.7 cm³/mol. The molecule has 25 heavy (non-hydrogen) atoms. The number of amides is 2. The molecule has 1 aromatic carbocycles. The summed E-state index contributed by atoms with van der Waals surface area (Å²) in [5, 5.41) is 5.41. The van der Waals surface area contributed by atoms with Gasteiger partial charge in [-0.15, -0.1) is 0 Å². The molecule has 2 amide bonds. The van der Waals surface area contributed by atoms with E-state index in [9.17, 15) is 14.4 Å². The van der Waals surface area contributed by atoms with E-state index in [1.165, 1.54) is 10.6 Å². The van der Waals surface area contributed by atoms with Gasteiger partial charge < -0.3 is 19.9 Å². The number of ether oxygens (including phenoxy) is 1. The van der Waals surface area contributed by atoms with Gasteiger partial charge in [-0.05, 0) is 42.8 Å². The summed E-state index contributed by atoms with van der Waals surface area (Å²) in [6.45, 7) is 2.62. The van der Waals surface area contributed by atoms with E-state index < -0.39 is 0 Å². The van der Waals surface area contributed by atoms with Crippen LogP contribution in [0.4, 0.5) is 5.69 Å². The van der Waals surface area contributed by atoms with Crippen LogP contribution in [-0.2, 0) is 16.1 Å². The second kappa shape index (κ2) is 8.79. The van der Waals surface area contributed by atoms with Crippen molar-refractivity contribution in [1.82, 2.24) is 9.88 Å².